The minimum atomic E-state index is -1.35. The number of aromatic hydroxyl groups is 1. The summed E-state index contributed by atoms with van der Waals surface area (Å²) in [6.45, 7) is 0.0547. The van der Waals surface area contributed by atoms with Crippen molar-refractivity contribution in [1.29, 1.82) is 0 Å². The standard InChI is InChI=1S/C24H19Cl2NO5/c25-13-9-20(26)18(22(28)10-13)11-21(23(29)30)27-24(31)32-12-19-16-7-3-1-5-14(16)15-6-2-4-8-17(15)19/h1-10,19,21,28H,11-12H2,(H,27,31)(H,29,30). The molecule has 1 aliphatic rings. The molecule has 0 spiro atoms. The molecule has 1 aliphatic carbocycles. The van der Waals surface area contributed by atoms with Crippen molar-refractivity contribution in [2.75, 3.05) is 6.61 Å². The third-order valence-electron chi connectivity index (χ3n) is 5.48. The van der Waals surface area contributed by atoms with Crippen LogP contribution in [0.4, 0.5) is 4.79 Å². The lowest BCUT2D eigenvalue weighted by Gasteiger charge is -2.18. The van der Waals surface area contributed by atoms with E-state index in [-0.39, 0.29) is 40.3 Å². The molecule has 0 aromatic heterocycles. The summed E-state index contributed by atoms with van der Waals surface area (Å²) in [7, 11) is 0. The molecule has 3 aromatic carbocycles. The second-order valence-corrected chi connectivity index (χ2v) is 8.29. The molecule has 0 bridgehead atoms. The van der Waals surface area contributed by atoms with Gasteiger partial charge in [-0.05, 0) is 34.4 Å². The molecule has 1 amide bonds. The number of rotatable bonds is 6. The molecule has 0 aliphatic heterocycles. The topological polar surface area (TPSA) is 95.9 Å². The van der Waals surface area contributed by atoms with Crippen molar-refractivity contribution in [1.82, 2.24) is 5.32 Å². The Morgan fingerprint density at radius 3 is 2.16 bits per heavy atom. The van der Waals surface area contributed by atoms with Crippen LogP contribution in [0.3, 0.4) is 0 Å². The number of phenols is 1. The zero-order valence-corrected chi connectivity index (χ0v) is 18.2. The van der Waals surface area contributed by atoms with Gasteiger partial charge in [0.25, 0.3) is 0 Å². The lowest BCUT2D eigenvalue weighted by atomic mass is 9.98. The summed E-state index contributed by atoms with van der Waals surface area (Å²) in [6.07, 6.45) is -1.11. The average molecular weight is 472 g/mol. The van der Waals surface area contributed by atoms with E-state index in [1.807, 2.05) is 48.5 Å². The van der Waals surface area contributed by atoms with E-state index in [1.165, 1.54) is 12.1 Å². The van der Waals surface area contributed by atoms with Gasteiger partial charge in [-0.3, -0.25) is 0 Å². The predicted molar refractivity (Wildman–Crippen MR) is 121 cm³/mol. The Kier molecular flexibility index (Phi) is 6.26. The monoisotopic (exact) mass is 471 g/mol. The summed E-state index contributed by atoms with van der Waals surface area (Å²) in [4.78, 5) is 24.1. The van der Waals surface area contributed by atoms with Gasteiger partial charge in [-0.1, -0.05) is 71.7 Å². The van der Waals surface area contributed by atoms with E-state index < -0.39 is 18.1 Å². The fourth-order valence-electron chi connectivity index (χ4n) is 3.98. The number of carbonyl (C=O) groups excluding carboxylic acids is 1. The molecule has 32 heavy (non-hydrogen) atoms. The first-order chi connectivity index (χ1) is 15.3. The largest absolute Gasteiger partial charge is 0.508 e. The van der Waals surface area contributed by atoms with Gasteiger partial charge in [0, 0.05) is 27.9 Å². The van der Waals surface area contributed by atoms with E-state index in [1.54, 1.807) is 0 Å². The molecule has 6 nitrogen and oxygen atoms in total. The number of fused-ring (bicyclic) bond motifs is 3. The van der Waals surface area contributed by atoms with Crippen LogP contribution in [-0.4, -0.2) is 34.9 Å². The highest BCUT2D eigenvalue weighted by Gasteiger charge is 2.30. The summed E-state index contributed by atoms with van der Waals surface area (Å²) in [5.41, 5.74) is 4.45. The van der Waals surface area contributed by atoms with Crippen LogP contribution in [-0.2, 0) is 16.0 Å². The van der Waals surface area contributed by atoms with Crippen molar-refractivity contribution < 1.29 is 24.5 Å². The maximum atomic E-state index is 12.4. The second-order valence-electron chi connectivity index (χ2n) is 7.45. The number of carboxylic acid groups (broad SMARTS) is 1. The number of ether oxygens (including phenoxy) is 1. The van der Waals surface area contributed by atoms with Gasteiger partial charge in [0.05, 0.1) is 0 Å². The summed E-state index contributed by atoms with van der Waals surface area (Å²) in [5.74, 6) is -1.68. The summed E-state index contributed by atoms with van der Waals surface area (Å²) >= 11 is 11.9. The molecule has 0 radical (unpaired) electrons. The highest BCUT2D eigenvalue weighted by atomic mass is 35.5. The molecule has 3 N–H and O–H groups in total. The molecular weight excluding hydrogens is 453 g/mol. The number of carboxylic acids is 1. The van der Waals surface area contributed by atoms with Crippen LogP contribution in [0.5, 0.6) is 5.75 Å². The molecule has 0 heterocycles. The van der Waals surface area contributed by atoms with Crippen LogP contribution < -0.4 is 5.32 Å². The lowest BCUT2D eigenvalue weighted by molar-refractivity contribution is -0.139. The third kappa shape index (κ3) is 4.38. The van der Waals surface area contributed by atoms with E-state index in [4.69, 9.17) is 27.9 Å². The highest BCUT2D eigenvalue weighted by molar-refractivity contribution is 6.35. The van der Waals surface area contributed by atoms with E-state index in [0.717, 1.165) is 22.3 Å². The van der Waals surface area contributed by atoms with E-state index in [0.29, 0.717) is 0 Å². The van der Waals surface area contributed by atoms with E-state index >= 15 is 0 Å². The second kappa shape index (κ2) is 9.10. The first-order valence-corrected chi connectivity index (χ1v) is 10.6. The summed E-state index contributed by atoms with van der Waals surface area (Å²) in [6, 6.07) is 17.1. The van der Waals surface area contributed by atoms with Crippen molar-refractivity contribution in [2.24, 2.45) is 0 Å². The SMILES string of the molecule is O=C(NC(Cc1c(O)cc(Cl)cc1Cl)C(=O)O)OCC1c2ccccc2-c2ccccc21. The van der Waals surface area contributed by atoms with Gasteiger partial charge in [-0.25, -0.2) is 9.59 Å². The molecular formula is C24H19Cl2NO5. The Hall–Kier alpha value is -3.22. The van der Waals surface area contributed by atoms with Gasteiger partial charge in [0.15, 0.2) is 0 Å². The minimum absolute atomic E-state index is 0.0547. The average Bonchev–Trinajstić information content (AvgIpc) is 3.07. The Balaban J connectivity index is 1.46. The normalized spacial score (nSPS) is 13.2. The van der Waals surface area contributed by atoms with Crippen molar-refractivity contribution in [3.05, 3.63) is 87.4 Å². The van der Waals surface area contributed by atoms with Crippen LogP contribution >= 0.6 is 23.2 Å². The van der Waals surface area contributed by atoms with Crippen LogP contribution in [0, 0.1) is 0 Å². The summed E-state index contributed by atoms with van der Waals surface area (Å²) < 4.78 is 5.41. The fraction of sp³-hybridized carbons (Fsp3) is 0.167. The van der Waals surface area contributed by atoms with E-state index in [2.05, 4.69) is 5.32 Å². The quantitative estimate of drug-likeness (QED) is 0.457. The molecule has 0 fully saturated rings. The van der Waals surface area contributed by atoms with Gasteiger partial charge in [0.1, 0.15) is 18.4 Å². The molecule has 4 rings (SSSR count). The molecule has 3 aromatic rings. The first-order valence-electron chi connectivity index (χ1n) is 9.86. The summed E-state index contributed by atoms with van der Waals surface area (Å²) in [5, 5.41) is 22.3. The molecule has 164 valence electrons. The number of nitrogens with one attached hydrogen (secondary N) is 1. The number of benzene rings is 3. The number of phenolic OH excluding ortho intramolecular Hbond substituents is 1. The number of hydrogen-bond acceptors (Lipinski definition) is 4. The van der Waals surface area contributed by atoms with Crippen LogP contribution in [0.25, 0.3) is 11.1 Å². The Morgan fingerprint density at radius 2 is 1.59 bits per heavy atom. The van der Waals surface area contributed by atoms with Crippen molar-refractivity contribution in [3.8, 4) is 16.9 Å². The maximum Gasteiger partial charge on any atom is 0.407 e. The Bertz CT molecular complexity index is 1130. The number of aliphatic carboxylic acids is 1. The van der Waals surface area contributed by atoms with Gasteiger partial charge in [-0.2, -0.15) is 0 Å². The molecule has 1 unspecified atom stereocenters. The zero-order chi connectivity index (χ0) is 22.8. The van der Waals surface area contributed by atoms with E-state index in [9.17, 15) is 19.8 Å². The van der Waals surface area contributed by atoms with Gasteiger partial charge in [-0.15, -0.1) is 0 Å². The smallest absolute Gasteiger partial charge is 0.407 e. The van der Waals surface area contributed by atoms with Crippen LogP contribution in [0.1, 0.15) is 22.6 Å². The van der Waals surface area contributed by atoms with Crippen molar-refractivity contribution in [2.45, 2.75) is 18.4 Å². The third-order valence-corrected chi connectivity index (χ3v) is 6.03. The van der Waals surface area contributed by atoms with Crippen molar-refractivity contribution in [3.63, 3.8) is 0 Å². The van der Waals surface area contributed by atoms with Crippen molar-refractivity contribution >= 4 is 35.3 Å². The number of hydrogen-bond donors (Lipinski definition) is 3. The Labute approximate surface area is 194 Å². The first kappa shape index (κ1) is 22.0. The van der Waals surface area contributed by atoms with Crippen LogP contribution in [0.2, 0.25) is 10.0 Å². The minimum Gasteiger partial charge on any atom is -0.508 e. The predicted octanol–water partition coefficient (Wildman–Crippen LogP) is 5.23. The molecule has 1 atom stereocenters. The lowest BCUT2D eigenvalue weighted by Crippen LogP contribution is -2.43. The molecule has 0 saturated carbocycles. The Morgan fingerprint density at radius 1 is 1.00 bits per heavy atom. The maximum absolute atomic E-state index is 12.4. The van der Waals surface area contributed by atoms with Gasteiger partial charge in [0.2, 0.25) is 0 Å². The molecule has 8 heteroatoms. The highest BCUT2D eigenvalue weighted by Crippen LogP contribution is 2.44. The molecule has 0 saturated heterocycles. The number of amides is 1. The van der Waals surface area contributed by atoms with Crippen LogP contribution in [0.15, 0.2) is 60.7 Å². The number of halogens is 2. The van der Waals surface area contributed by atoms with Gasteiger partial charge < -0.3 is 20.3 Å². The van der Waals surface area contributed by atoms with Gasteiger partial charge >= 0.3 is 12.1 Å². The fourth-order valence-corrected chi connectivity index (χ4v) is 4.54. The number of carbonyl (C=O) groups is 2. The number of alkyl carbamates (subject to hydrolysis) is 1. The zero-order valence-electron chi connectivity index (χ0n) is 16.7.